The van der Waals surface area contributed by atoms with Crippen LogP contribution in [0, 0.1) is 0 Å². The van der Waals surface area contributed by atoms with Gasteiger partial charge in [0.2, 0.25) is 11.6 Å². The van der Waals surface area contributed by atoms with Gasteiger partial charge in [0, 0.05) is 22.8 Å². The average molecular weight is 351 g/mol. The molecule has 7 heteroatoms. The molecule has 2 aromatic carbocycles. The molecular weight excluding hydrogens is 334 g/mol. The fourth-order valence-electron chi connectivity index (χ4n) is 2.85. The summed E-state index contributed by atoms with van der Waals surface area (Å²) in [7, 11) is 4.68. The van der Waals surface area contributed by atoms with Gasteiger partial charge in [0.25, 0.3) is 5.89 Å². The summed E-state index contributed by atoms with van der Waals surface area (Å²) in [6, 6.07) is 11.5. The van der Waals surface area contributed by atoms with E-state index >= 15 is 0 Å². The van der Waals surface area contributed by atoms with Gasteiger partial charge in [-0.15, -0.1) is 0 Å². The van der Waals surface area contributed by atoms with Crippen molar-refractivity contribution in [3.05, 3.63) is 42.6 Å². The maximum Gasteiger partial charge on any atom is 0.258 e. The molecule has 2 aromatic heterocycles. The SMILES string of the molecule is COc1cc(-c2nc(-c3ccc4cc[nH]c4c3)no2)cc(OC)c1OC. The lowest BCUT2D eigenvalue weighted by atomic mass is 10.1. The third-order valence-corrected chi connectivity index (χ3v) is 4.15. The first-order valence-electron chi connectivity index (χ1n) is 7.95. The van der Waals surface area contributed by atoms with Gasteiger partial charge in [0.05, 0.1) is 21.3 Å². The Labute approximate surface area is 149 Å². The zero-order valence-corrected chi connectivity index (χ0v) is 14.6. The van der Waals surface area contributed by atoms with Crippen LogP contribution in [-0.4, -0.2) is 36.5 Å². The second-order valence-corrected chi connectivity index (χ2v) is 5.62. The Kier molecular flexibility index (Phi) is 3.96. The molecule has 0 atom stereocenters. The van der Waals surface area contributed by atoms with E-state index in [1.807, 2.05) is 30.5 Å². The highest BCUT2D eigenvalue weighted by Gasteiger charge is 2.18. The fraction of sp³-hybridized carbons (Fsp3) is 0.158. The molecule has 0 aliphatic heterocycles. The molecule has 0 aliphatic carbocycles. The molecule has 132 valence electrons. The van der Waals surface area contributed by atoms with Crippen LogP contribution in [0.4, 0.5) is 0 Å². The van der Waals surface area contributed by atoms with E-state index in [4.69, 9.17) is 18.7 Å². The van der Waals surface area contributed by atoms with Gasteiger partial charge in [-0.1, -0.05) is 17.3 Å². The van der Waals surface area contributed by atoms with E-state index < -0.39 is 0 Å². The Morgan fingerprint density at radius 2 is 1.65 bits per heavy atom. The monoisotopic (exact) mass is 351 g/mol. The Bertz CT molecular complexity index is 1040. The summed E-state index contributed by atoms with van der Waals surface area (Å²) in [6.45, 7) is 0. The number of fused-ring (bicyclic) bond motifs is 1. The van der Waals surface area contributed by atoms with Gasteiger partial charge in [-0.2, -0.15) is 4.98 Å². The number of nitrogens with zero attached hydrogens (tertiary/aromatic N) is 2. The molecule has 0 unspecified atom stereocenters. The number of ether oxygens (including phenoxy) is 3. The van der Waals surface area contributed by atoms with Crippen molar-refractivity contribution in [2.45, 2.75) is 0 Å². The van der Waals surface area contributed by atoms with Gasteiger partial charge in [-0.25, -0.2) is 0 Å². The van der Waals surface area contributed by atoms with Crippen LogP contribution in [0.1, 0.15) is 0 Å². The van der Waals surface area contributed by atoms with Crippen LogP contribution >= 0.6 is 0 Å². The molecule has 4 aromatic rings. The second kappa shape index (κ2) is 6.44. The number of H-pyrrole nitrogens is 1. The predicted octanol–water partition coefficient (Wildman–Crippen LogP) is 3.91. The number of methoxy groups -OCH3 is 3. The Morgan fingerprint density at radius 1 is 0.885 bits per heavy atom. The van der Waals surface area contributed by atoms with Gasteiger partial charge < -0.3 is 23.7 Å². The second-order valence-electron chi connectivity index (χ2n) is 5.62. The first kappa shape index (κ1) is 16.0. The lowest BCUT2D eigenvalue weighted by molar-refractivity contribution is 0.324. The highest BCUT2D eigenvalue weighted by molar-refractivity contribution is 5.83. The molecule has 7 nitrogen and oxygen atoms in total. The van der Waals surface area contributed by atoms with Gasteiger partial charge in [-0.3, -0.25) is 0 Å². The molecule has 0 amide bonds. The molecule has 0 spiro atoms. The van der Waals surface area contributed by atoms with Crippen molar-refractivity contribution >= 4 is 10.9 Å². The molecule has 0 bridgehead atoms. The summed E-state index contributed by atoms with van der Waals surface area (Å²) in [5.41, 5.74) is 2.56. The third kappa shape index (κ3) is 2.63. The quantitative estimate of drug-likeness (QED) is 0.587. The number of hydrogen-bond acceptors (Lipinski definition) is 6. The average Bonchev–Trinajstić information content (AvgIpc) is 3.35. The smallest absolute Gasteiger partial charge is 0.258 e. The van der Waals surface area contributed by atoms with E-state index in [1.54, 1.807) is 33.5 Å². The van der Waals surface area contributed by atoms with Gasteiger partial charge in [0.15, 0.2) is 11.5 Å². The molecule has 0 saturated heterocycles. The summed E-state index contributed by atoms with van der Waals surface area (Å²) < 4.78 is 21.5. The number of benzene rings is 2. The fourth-order valence-corrected chi connectivity index (χ4v) is 2.85. The molecule has 0 aliphatic rings. The van der Waals surface area contributed by atoms with Crippen molar-refractivity contribution in [3.63, 3.8) is 0 Å². The zero-order valence-electron chi connectivity index (χ0n) is 14.6. The standard InChI is InChI=1S/C19H17N3O4/c1-23-15-9-13(10-16(24-2)17(15)25-3)19-21-18(22-26-19)12-5-4-11-6-7-20-14(11)8-12/h4-10,20H,1-3H3. The minimum absolute atomic E-state index is 0.367. The van der Waals surface area contributed by atoms with Gasteiger partial charge >= 0.3 is 0 Å². The molecule has 1 N–H and O–H groups in total. The van der Waals surface area contributed by atoms with Crippen LogP contribution in [0.25, 0.3) is 33.7 Å². The Balaban J connectivity index is 1.75. The largest absolute Gasteiger partial charge is 0.493 e. The third-order valence-electron chi connectivity index (χ3n) is 4.15. The maximum atomic E-state index is 5.45. The lowest BCUT2D eigenvalue weighted by Gasteiger charge is -2.12. The number of aromatic amines is 1. The number of aromatic nitrogens is 3. The summed E-state index contributed by atoms with van der Waals surface area (Å²) in [5.74, 6) is 2.43. The normalized spacial score (nSPS) is 10.9. The number of hydrogen-bond donors (Lipinski definition) is 1. The van der Waals surface area contributed by atoms with Crippen molar-refractivity contribution in [2.24, 2.45) is 0 Å². The summed E-state index contributed by atoms with van der Waals surface area (Å²) in [5, 5.41) is 5.22. The van der Waals surface area contributed by atoms with E-state index in [0.717, 1.165) is 16.5 Å². The van der Waals surface area contributed by atoms with Crippen LogP contribution in [0.2, 0.25) is 0 Å². The molecule has 4 rings (SSSR count). The van der Waals surface area contributed by atoms with Crippen molar-refractivity contribution < 1.29 is 18.7 Å². The molecule has 0 radical (unpaired) electrons. The highest BCUT2D eigenvalue weighted by atomic mass is 16.5. The first-order valence-corrected chi connectivity index (χ1v) is 7.95. The van der Waals surface area contributed by atoms with Crippen molar-refractivity contribution in [3.8, 4) is 40.1 Å². The van der Waals surface area contributed by atoms with E-state index in [-0.39, 0.29) is 0 Å². The van der Waals surface area contributed by atoms with Crippen molar-refractivity contribution in [2.75, 3.05) is 21.3 Å². The molecular formula is C19H17N3O4. The predicted molar refractivity (Wildman–Crippen MR) is 96.7 cm³/mol. The van der Waals surface area contributed by atoms with E-state index in [2.05, 4.69) is 15.1 Å². The zero-order chi connectivity index (χ0) is 18.1. The van der Waals surface area contributed by atoms with Crippen molar-refractivity contribution in [1.29, 1.82) is 0 Å². The summed E-state index contributed by atoms with van der Waals surface area (Å²) in [6.07, 6.45) is 1.89. The molecule has 2 heterocycles. The van der Waals surface area contributed by atoms with E-state index in [0.29, 0.717) is 34.5 Å². The number of rotatable bonds is 5. The Morgan fingerprint density at radius 3 is 2.35 bits per heavy atom. The minimum Gasteiger partial charge on any atom is -0.493 e. The van der Waals surface area contributed by atoms with E-state index in [1.165, 1.54) is 0 Å². The van der Waals surface area contributed by atoms with Crippen LogP contribution in [0.15, 0.2) is 47.1 Å². The molecule has 0 saturated carbocycles. The first-order chi connectivity index (χ1) is 12.7. The Hall–Kier alpha value is -3.48. The lowest BCUT2D eigenvalue weighted by Crippen LogP contribution is -1.95. The van der Waals surface area contributed by atoms with Gasteiger partial charge in [0.1, 0.15) is 0 Å². The van der Waals surface area contributed by atoms with Crippen LogP contribution in [0.3, 0.4) is 0 Å². The topological polar surface area (TPSA) is 82.4 Å². The van der Waals surface area contributed by atoms with Crippen LogP contribution < -0.4 is 14.2 Å². The molecule has 26 heavy (non-hydrogen) atoms. The number of nitrogens with one attached hydrogen (secondary N) is 1. The van der Waals surface area contributed by atoms with Gasteiger partial charge in [-0.05, 0) is 29.7 Å². The van der Waals surface area contributed by atoms with Crippen molar-refractivity contribution in [1.82, 2.24) is 15.1 Å². The summed E-state index contributed by atoms with van der Waals surface area (Å²) >= 11 is 0. The maximum absolute atomic E-state index is 5.45. The van der Waals surface area contributed by atoms with Crippen LogP contribution in [0.5, 0.6) is 17.2 Å². The minimum atomic E-state index is 0.367. The molecule has 0 fully saturated rings. The van der Waals surface area contributed by atoms with Crippen LogP contribution in [-0.2, 0) is 0 Å². The van der Waals surface area contributed by atoms with E-state index in [9.17, 15) is 0 Å². The highest BCUT2D eigenvalue weighted by Crippen LogP contribution is 2.41. The summed E-state index contributed by atoms with van der Waals surface area (Å²) in [4.78, 5) is 7.68.